The quantitative estimate of drug-likeness (QED) is 0.162. The molecule has 4 nitrogen and oxygen atoms in total. The van der Waals surface area contributed by atoms with Crippen LogP contribution in [0.1, 0.15) is 69.4 Å². The molecule has 0 saturated carbocycles. The smallest absolute Gasteiger partial charge is 0.130 e. The fourth-order valence-corrected chi connectivity index (χ4v) is 7.08. The van der Waals surface area contributed by atoms with E-state index in [9.17, 15) is 0 Å². The molecule has 0 fully saturated rings. The maximum Gasteiger partial charge on any atom is 0.130 e. The van der Waals surface area contributed by atoms with Gasteiger partial charge < -0.3 is 14.4 Å². The SMILES string of the molecule is CC(C)(C)Cc1ccnc(-c2[c-]ccc3c2oc2c4cccnc4ccc32)c1.Cc1cnc(-c2[c-]cc(C)c(-c3ccc(CC(C)(C)C)cc3)c2)cc1C.[Ir]. The predicted octanol–water partition coefficient (Wildman–Crippen LogP) is 13.3. The van der Waals surface area contributed by atoms with Crippen molar-refractivity contribution in [2.24, 2.45) is 10.8 Å². The standard InChI is InChI=1S/C25H21N2O.C25H28N.Ir/c1-25(2,3)15-16-11-13-27-22(14-16)20-7-4-6-17-18-9-10-21-19(8-5-12-26-21)24(18)28-23(17)20;1-17-7-10-22(24-13-18(2)19(3)16-26-24)14-23(17)21-11-8-20(9-12-21)15-25(4,5)6;/h4-6,8-14H,15H2,1-3H3;7-9,11-14,16H,15H2,1-6H3;/q2*-1;. The van der Waals surface area contributed by atoms with Crippen LogP contribution in [-0.2, 0) is 32.9 Å². The van der Waals surface area contributed by atoms with Crippen molar-refractivity contribution in [3.8, 4) is 33.6 Å². The van der Waals surface area contributed by atoms with Crippen LogP contribution in [0.4, 0.5) is 0 Å². The fourth-order valence-electron chi connectivity index (χ4n) is 7.08. The average molecular weight is 900 g/mol. The van der Waals surface area contributed by atoms with Gasteiger partial charge in [-0.05, 0) is 95.9 Å². The van der Waals surface area contributed by atoms with E-state index in [4.69, 9.17) is 4.42 Å². The van der Waals surface area contributed by atoms with Gasteiger partial charge in [-0.3, -0.25) is 4.98 Å². The normalized spacial score (nSPS) is 11.7. The zero-order chi connectivity index (χ0) is 38.2. The zero-order valence-electron chi connectivity index (χ0n) is 33.4. The molecular formula is C50H49IrN3O-2. The number of furan rings is 1. The first-order chi connectivity index (χ1) is 25.7. The Kier molecular flexibility index (Phi) is 11.6. The maximum atomic E-state index is 6.38. The molecular weight excluding hydrogens is 851 g/mol. The van der Waals surface area contributed by atoms with Gasteiger partial charge in [0.25, 0.3) is 0 Å². The Morgan fingerprint density at radius 3 is 2.05 bits per heavy atom. The summed E-state index contributed by atoms with van der Waals surface area (Å²) in [5.74, 6) is 0. The molecule has 0 aliphatic rings. The molecule has 55 heavy (non-hydrogen) atoms. The van der Waals surface area contributed by atoms with E-state index in [0.29, 0.717) is 5.41 Å². The van der Waals surface area contributed by atoms with Gasteiger partial charge in [0.15, 0.2) is 0 Å². The van der Waals surface area contributed by atoms with Crippen molar-refractivity contribution in [1.82, 2.24) is 15.0 Å². The molecule has 4 heterocycles. The van der Waals surface area contributed by atoms with E-state index in [-0.39, 0.29) is 25.5 Å². The minimum Gasteiger partial charge on any atom is -0.500 e. The van der Waals surface area contributed by atoms with E-state index in [1.54, 1.807) is 6.20 Å². The third-order valence-corrected chi connectivity index (χ3v) is 9.80. The average Bonchev–Trinajstić information content (AvgIpc) is 3.52. The van der Waals surface area contributed by atoms with Gasteiger partial charge in [0.2, 0.25) is 0 Å². The first-order valence-corrected chi connectivity index (χ1v) is 18.8. The van der Waals surface area contributed by atoms with E-state index < -0.39 is 0 Å². The number of benzene rings is 4. The summed E-state index contributed by atoms with van der Waals surface area (Å²) in [6.45, 7) is 19.9. The molecule has 0 aliphatic carbocycles. The summed E-state index contributed by atoms with van der Waals surface area (Å²) in [4.78, 5) is 13.7. The summed E-state index contributed by atoms with van der Waals surface area (Å²) in [6.07, 6.45) is 7.71. The summed E-state index contributed by atoms with van der Waals surface area (Å²) in [7, 11) is 0. The second kappa shape index (κ2) is 16.0. The summed E-state index contributed by atoms with van der Waals surface area (Å²) in [5.41, 5.74) is 15.9. The van der Waals surface area contributed by atoms with Gasteiger partial charge >= 0.3 is 0 Å². The van der Waals surface area contributed by atoms with Crippen molar-refractivity contribution in [2.45, 2.75) is 75.2 Å². The second-order valence-electron chi connectivity index (χ2n) is 17.0. The minimum absolute atomic E-state index is 0. The number of aryl methyl sites for hydroxylation is 3. The van der Waals surface area contributed by atoms with Crippen LogP contribution >= 0.6 is 0 Å². The molecule has 281 valence electrons. The number of hydrogen-bond donors (Lipinski definition) is 0. The van der Waals surface area contributed by atoms with Crippen LogP contribution in [-0.4, -0.2) is 15.0 Å². The number of hydrogen-bond acceptors (Lipinski definition) is 4. The predicted molar refractivity (Wildman–Crippen MR) is 226 cm³/mol. The van der Waals surface area contributed by atoms with Crippen LogP contribution < -0.4 is 0 Å². The number of aromatic nitrogens is 3. The Balaban J connectivity index is 0.000000184. The number of nitrogens with zero attached hydrogens (tertiary/aromatic N) is 3. The van der Waals surface area contributed by atoms with E-state index in [0.717, 1.165) is 68.2 Å². The van der Waals surface area contributed by atoms with Crippen molar-refractivity contribution in [3.63, 3.8) is 0 Å². The number of pyridine rings is 3. The Labute approximate surface area is 339 Å². The Bertz CT molecular complexity index is 2610. The molecule has 0 N–H and O–H groups in total. The molecule has 4 aromatic heterocycles. The third-order valence-electron chi connectivity index (χ3n) is 9.80. The minimum atomic E-state index is 0. The second-order valence-corrected chi connectivity index (χ2v) is 17.0. The molecule has 8 rings (SSSR count). The first kappa shape index (κ1) is 39.7. The van der Waals surface area contributed by atoms with E-state index in [2.05, 4.69) is 162 Å². The molecule has 0 bridgehead atoms. The molecule has 0 amide bonds. The number of rotatable bonds is 5. The van der Waals surface area contributed by atoms with Gasteiger partial charge in [-0.15, -0.1) is 47.5 Å². The topological polar surface area (TPSA) is 51.8 Å². The summed E-state index contributed by atoms with van der Waals surface area (Å²) >= 11 is 0. The van der Waals surface area contributed by atoms with Gasteiger partial charge in [-0.2, -0.15) is 0 Å². The molecule has 0 unspecified atom stereocenters. The van der Waals surface area contributed by atoms with E-state index in [1.807, 2.05) is 30.6 Å². The van der Waals surface area contributed by atoms with Gasteiger partial charge in [0.05, 0.1) is 11.1 Å². The summed E-state index contributed by atoms with van der Waals surface area (Å²) < 4.78 is 6.38. The maximum absolute atomic E-state index is 6.38. The van der Waals surface area contributed by atoms with Crippen LogP contribution in [0, 0.1) is 43.7 Å². The van der Waals surface area contributed by atoms with Crippen LogP contribution in [0.5, 0.6) is 0 Å². The molecule has 5 heteroatoms. The van der Waals surface area contributed by atoms with Crippen molar-refractivity contribution in [2.75, 3.05) is 0 Å². The number of fused-ring (bicyclic) bond motifs is 5. The van der Waals surface area contributed by atoms with Crippen molar-refractivity contribution >= 4 is 32.8 Å². The molecule has 0 spiro atoms. The van der Waals surface area contributed by atoms with Gasteiger partial charge in [0.1, 0.15) is 5.58 Å². The fraction of sp³-hybridized carbons (Fsp3) is 0.260. The Morgan fingerprint density at radius 2 is 1.33 bits per heavy atom. The molecule has 0 saturated heterocycles. The van der Waals surface area contributed by atoms with Crippen molar-refractivity contribution in [1.29, 1.82) is 0 Å². The Morgan fingerprint density at radius 1 is 0.600 bits per heavy atom. The third kappa shape index (κ3) is 9.13. The van der Waals surface area contributed by atoms with Gasteiger partial charge in [0, 0.05) is 49.5 Å². The van der Waals surface area contributed by atoms with Crippen molar-refractivity contribution < 1.29 is 24.5 Å². The first-order valence-electron chi connectivity index (χ1n) is 18.8. The van der Waals surface area contributed by atoms with Crippen LogP contribution in [0.25, 0.3) is 66.5 Å². The molecule has 1 radical (unpaired) electrons. The van der Waals surface area contributed by atoms with Crippen LogP contribution in [0.3, 0.4) is 0 Å². The Hall–Kier alpha value is -4.96. The van der Waals surface area contributed by atoms with Crippen LogP contribution in [0.15, 0.2) is 114 Å². The molecule has 4 aromatic carbocycles. The molecule has 0 aliphatic heterocycles. The van der Waals surface area contributed by atoms with E-state index in [1.165, 1.54) is 38.9 Å². The summed E-state index contributed by atoms with van der Waals surface area (Å²) in [5, 5.41) is 3.20. The van der Waals surface area contributed by atoms with Gasteiger partial charge in [-0.1, -0.05) is 113 Å². The monoisotopic (exact) mass is 900 g/mol. The molecule has 8 aromatic rings. The summed E-state index contributed by atoms with van der Waals surface area (Å²) in [6, 6.07) is 38.6. The zero-order valence-corrected chi connectivity index (χ0v) is 35.8. The van der Waals surface area contributed by atoms with E-state index >= 15 is 0 Å². The van der Waals surface area contributed by atoms with Crippen molar-refractivity contribution in [3.05, 3.63) is 150 Å². The largest absolute Gasteiger partial charge is 0.500 e. The van der Waals surface area contributed by atoms with Crippen LogP contribution in [0.2, 0.25) is 0 Å². The van der Waals surface area contributed by atoms with Gasteiger partial charge in [-0.25, -0.2) is 0 Å². The molecule has 0 atom stereocenters.